The largest absolute Gasteiger partial charge is 0.478 e. The highest BCUT2D eigenvalue weighted by Crippen LogP contribution is 2.37. The van der Waals surface area contributed by atoms with Crippen molar-refractivity contribution in [2.24, 2.45) is 5.92 Å². The molecular weight excluding hydrogens is 489 g/mol. The molecule has 0 spiro atoms. The number of aromatic amines is 1. The SMILES string of the molecule is CC(C)CC1(O)CCN(c2nc3c(Oc4ccc(C(=O)O)cc4)cc(Oc4ccc(F)cc4)cc3[nH]2)CC1. The van der Waals surface area contributed by atoms with E-state index in [1.807, 2.05) is 0 Å². The summed E-state index contributed by atoms with van der Waals surface area (Å²) < 4.78 is 25.5. The molecule has 9 heteroatoms. The maximum atomic E-state index is 13.4. The van der Waals surface area contributed by atoms with E-state index in [0.29, 0.717) is 71.8 Å². The summed E-state index contributed by atoms with van der Waals surface area (Å²) in [5.74, 6) is 1.48. The Bertz CT molecular complexity index is 1430. The highest BCUT2D eigenvalue weighted by molar-refractivity contribution is 5.88. The van der Waals surface area contributed by atoms with E-state index in [9.17, 15) is 19.4 Å². The zero-order chi connectivity index (χ0) is 26.9. The third kappa shape index (κ3) is 5.73. The standard InChI is InChI=1S/C29H30FN3O5/c1-18(2)17-29(36)11-13-33(14-12-29)28-31-24-15-23(37-21-9-5-20(30)6-10-21)16-25(26(24)32-28)38-22-7-3-19(4-8-22)27(34)35/h3-10,15-16,18,36H,11-14,17H2,1-2H3,(H,31,32)(H,34,35). The van der Waals surface area contributed by atoms with Crippen LogP contribution in [0.5, 0.6) is 23.0 Å². The number of nitrogens with zero attached hydrogens (tertiary/aromatic N) is 2. The molecule has 0 atom stereocenters. The lowest BCUT2D eigenvalue weighted by Crippen LogP contribution is -2.45. The van der Waals surface area contributed by atoms with Gasteiger partial charge in [0.2, 0.25) is 5.95 Å². The molecule has 3 aromatic carbocycles. The molecule has 1 aliphatic rings. The Labute approximate surface area is 219 Å². The number of rotatable bonds is 8. The van der Waals surface area contributed by atoms with Gasteiger partial charge in [-0.05, 0) is 73.7 Å². The summed E-state index contributed by atoms with van der Waals surface area (Å²) in [5, 5.41) is 20.1. The molecule has 3 N–H and O–H groups in total. The van der Waals surface area contributed by atoms with Gasteiger partial charge in [-0.3, -0.25) is 0 Å². The van der Waals surface area contributed by atoms with Crippen molar-refractivity contribution >= 4 is 23.0 Å². The number of halogens is 1. The number of hydrogen-bond acceptors (Lipinski definition) is 6. The van der Waals surface area contributed by atoms with E-state index >= 15 is 0 Å². The number of piperidine rings is 1. The number of fused-ring (bicyclic) bond motifs is 1. The van der Waals surface area contributed by atoms with Gasteiger partial charge >= 0.3 is 5.97 Å². The van der Waals surface area contributed by atoms with Crippen molar-refractivity contribution in [3.8, 4) is 23.0 Å². The Morgan fingerprint density at radius 2 is 1.66 bits per heavy atom. The monoisotopic (exact) mass is 519 g/mol. The molecule has 1 saturated heterocycles. The minimum absolute atomic E-state index is 0.153. The molecule has 1 fully saturated rings. The first-order chi connectivity index (χ1) is 18.2. The molecule has 1 aliphatic heterocycles. The Morgan fingerprint density at radius 3 is 2.29 bits per heavy atom. The highest BCUT2D eigenvalue weighted by Gasteiger charge is 2.33. The number of nitrogens with one attached hydrogen (secondary N) is 1. The molecule has 198 valence electrons. The van der Waals surface area contributed by atoms with Gasteiger partial charge in [0.05, 0.1) is 16.7 Å². The van der Waals surface area contributed by atoms with E-state index in [4.69, 9.17) is 14.5 Å². The number of aromatic nitrogens is 2. The maximum Gasteiger partial charge on any atom is 0.335 e. The molecule has 8 nitrogen and oxygen atoms in total. The van der Waals surface area contributed by atoms with Crippen LogP contribution in [0.15, 0.2) is 60.7 Å². The van der Waals surface area contributed by atoms with Crippen LogP contribution in [0.2, 0.25) is 0 Å². The van der Waals surface area contributed by atoms with E-state index in [1.54, 1.807) is 24.3 Å². The second-order valence-electron chi connectivity index (χ2n) is 10.2. The fourth-order valence-electron chi connectivity index (χ4n) is 4.86. The lowest BCUT2D eigenvalue weighted by Gasteiger charge is -2.39. The predicted molar refractivity (Wildman–Crippen MR) is 142 cm³/mol. The summed E-state index contributed by atoms with van der Waals surface area (Å²) in [6.07, 6.45) is 2.07. The molecule has 4 aromatic rings. The Balaban J connectivity index is 1.46. The number of carboxylic acid groups (broad SMARTS) is 1. The molecule has 0 aliphatic carbocycles. The van der Waals surface area contributed by atoms with Gasteiger partial charge in [0.1, 0.15) is 28.6 Å². The average Bonchev–Trinajstić information content (AvgIpc) is 3.30. The lowest BCUT2D eigenvalue weighted by molar-refractivity contribution is -0.00286. The molecule has 1 aromatic heterocycles. The first-order valence-corrected chi connectivity index (χ1v) is 12.6. The summed E-state index contributed by atoms with van der Waals surface area (Å²) in [7, 11) is 0. The van der Waals surface area contributed by atoms with Crippen molar-refractivity contribution in [1.82, 2.24) is 9.97 Å². The van der Waals surface area contributed by atoms with Crippen molar-refractivity contribution < 1.29 is 28.9 Å². The van der Waals surface area contributed by atoms with Crippen molar-refractivity contribution in [2.45, 2.75) is 38.7 Å². The molecule has 5 rings (SSSR count). The Kier molecular flexibility index (Phi) is 6.94. The van der Waals surface area contributed by atoms with Gasteiger partial charge in [0.15, 0.2) is 5.75 Å². The molecule has 0 radical (unpaired) electrons. The van der Waals surface area contributed by atoms with Crippen molar-refractivity contribution in [3.63, 3.8) is 0 Å². The van der Waals surface area contributed by atoms with E-state index in [1.165, 1.54) is 36.4 Å². The van der Waals surface area contributed by atoms with Crippen molar-refractivity contribution in [2.75, 3.05) is 18.0 Å². The minimum atomic E-state index is -1.02. The van der Waals surface area contributed by atoms with Gasteiger partial charge < -0.3 is 29.6 Å². The molecular formula is C29H30FN3O5. The van der Waals surface area contributed by atoms with Crippen molar-refractivity contribution in [1.29, 1.82) is 0 Å². The summed E-state index contributed by atoms with van der Waals surface area (Å²) in [5.41, 5.74) is 0.750. The first-order valence-electron chi connectivity index (χ1n) is 12.6. The minimum Gasteiger partial charge on any atom is -0.478 e. The highest BCUT2D eigenvalue weighted by atomic mass is 19.1. The number of imidazole rings is 1. The number of aromatic carboxylic acids is 1. The number of carbonyl (C=O) groups is 1. The van der Waals surface area contributed by atoms with Gasteiger partial charge in [0, 0.05) is 25.2 Å². The van der Waals surface area contributed by atoms with Gasteiger partial charge in [-0.1, -0.05) is 13.8 Å². The zero-order valence-corrected chi connectivity index (χ0v) is 21.3. The smallest absolute Gasteiger partial charge is 0.335 e. The molecule has 38 heavy (non-hydrogen) atoms. The van der Waals surface area contributed by atoms with Crippen LogP contribution in [0, 0.1) is 11.7 Å². The van der Waals surface area contributed by atoms with Crippen LogP contribution in [0.4, 0.5) is 10.3 Å². The third-order valence-corrected chi connectivity index (χ3v) is 6.67. The van der Waals surface area contributed by atoms with E-state index in [0.717, 1.165) is 6.42 Å². The van der Waals surface area contributed by atoms with E-state index in [-0.39, 0.29) is 11.4 Å². The van der Waals surface area contributed by atoms with E-state index < -0.39 is 11.6 Å². The lowest BCUT2D eigenvalue weighted by atomic mass is 9.84. The normalized spacial score (nSPS) is 15.1. The number of benzene rings is 3. The number of H-pyrrole nitrogens is 1. The molecule has 0 bridgehead atoms. The van der Waals surface area contributed by atoms with Gasteiger partial charge in [-0.2, -0.15) is 0 Å². The van der Waals surface area contributed by atoms with Crippen LogP contribution >= 0.6 is 0 Å². The van der Waals surface area contributed by atoms with Crippen LogP contribution in [0.3, 0.4) is 0 Å². The zero-order valence-electron chi connectivity index (χ0n) is 21.3. The Morgan fingerprint density at radius 1 is 1.03 bits per heavy atom. The maximum absolute atomic E-state index is 13.4. The fourth-order valence-corrected chi connectivity index (χ4v) is 4.86. The summed E-state index contributed by atoms with van der Waals surface area (Å²) >= 11 is 0. The fraction of sp³-hybridized carbons (Fsp3) is 0.310. The van der Waals surface area contributed by atoms with Crippen LogP contribution in [-0.4, -0.2) is 44.8 Å². The van der Waals surface area contributed by atoms with Crippen LogP contribution in [0.25, 0.3) is 11.0 Å². The van der Waals surface area contributed by atoms with Gasteiger partial charge in [-0.15, -0.1) is 0 Å². The second-order valence-corrected chi connectivity index (χ2v) is 10.2. The summed E-state index contributed by atoms with van der Waals surface area (Å²) in [4.78, 5) is 21.5. The predicted octanol–water partition coefficient (Wildman–Crippen LogP) is 6.36. The molecule has 2 heterocycles. The summed E-state index contributed by atoms with van der Waals surface area (Å²) in [6.45, 7) is 5.56. The number of carboxylic acids is 1. The van der Waals surface area contributed by atoms with Crippen LogP contribution in [-0.2, 0) is 0 Å². The number of anilines is 1. The van der Waals surface area contributed by atoms with Crippen molar-refractivity contribution in [3.05, 3.63) is 72.0 Å². The van der Waals surface area contributed by atoms with E-state index in [2.05, 4.69) is 23.7 Å². The van der Waals surface area contributed by atoms with Crippen LogP contribution in [0.1, 0.15) is 43.5 Å². The number of aliphatic hydroxyl groups is 1. The Hall–Kier alpha value is -4.11. The molecule has 0 saturated carbocycles. The first kappa shape index (κ1) is 25.5. The molecule has 0 unspecified atom stereocenters. The quantitative estimate of drug-likeness (QED) is 0.248. The van der Waals surface area contributed by atoms with Gasteiger partial charge in [0.25, 0.3) is 0 Å². The third-order valence-electron chi connectivity index (χ3n) is 6.67. The topological polar surface area (TPSA) is 108 Å². The second kappa shape index (κ2) is 10.3. The van der Waals surface area contributed by atoms with Gasteiger partial charge in [-0.25, -0.2) is 14.2 Å². The number of ether oxygens (including phenoxy) is 2. The molecule has 0 amide bonds. The average molecular weight is 520 g/mol. The summed E-state index contributed by atoms with van der Waals surface area (Å²) in [6, 6.07) is 15.3. The van der Waals surface area contributed by atoms with Crippen LogP contribution < -0.4 is 14.4 Å². The number of hydrogen-bond donors (Lipinski definition) is 3.